The van der Waals surface area contributed by atoms with Crippen LogP contribution in [0.25, 0.3) is 21.8 Å². The minimum atomic E-state index is -0.883. The summed E-state index contributed by atoms with van der Waals surface area (Å²) in [7, 11) is 1.41. The first-order chi connectivity index (χ1) is 15.1. The molecule has 3 rings (SSSR count). The highest BCUT2D eigenvalue weighted by molar-refractivity contribution is 6.08. The molecule has 2 atom stereocenters. The Balaban J connectivity index is 1.91. The van der Waals surface area contributed by atoms with Crippen molar-refractivity contribution in [2.45, 2.75) is 65.8 Å². The molecule has 0 radical (unpaired) electrons. The second-order valence-electron chi connectivity index (χ2n) is 9.75. The van der Waals surface area contributed by atoms with Gasteiger partial charge in [-0.05, 0) is 65.0 Å². The Bertz CT molecular complexity index is 1060. The zero-order valence-corrected chi connectivity index (χ0v) is 19.9. The molecule has 2 unspecified atom stereocenters. The number of aromatic nitrogens is 1. The second kappa shape index (κ2) is 9.35. The van der Waals surface area contributed by atoms with Crippen LogP contribution in [-0.4, -0.2) is 28.7 Å². The Labute approximate surface area is 190 Å². The van der Waals surface area contributed by atoms with Crippen molar-refractivity contribution in [3.63, 3.8) is 0 Å². The molecule has 0 aliphatic heterocycles. The number of carbonyl (C=O) groups is 2. The Morgan fingerprint density at radius 1 is 0.938 bits per heavy atom. The van der Waals surface area contributed by atoms with Gasteiger partial charge in [-0.25, -0.2) is 0 Å². The quantitative estimate of drug-likeness (QED) is 0.363. The number of carbonyl (C=O) groups excluding carboxylic acids is 1. The van der Waals surface area contributed by atoms with Crippen LogP contribution < -0.4 is 0 Å². The molecule has 3 aromatic rings. The molecule has 0 fully saturated rings. The number of aliphatic carboxylic acids is 1. The third kappa shape index (κ3) is 4.52. The fourth-order valence-electron chi connectivity index (χ4n) is 4.62. The molecule has 5 heteroatoms. The van der Waals surface area contributed by atoms with Crippen LogP contribution in [0.15, 0.2) is 48.5 Å². The summed E-state index contributed by atoms with van der Waals surface area (Å²) in [5.41, 5.74) is 0.791. The molecule has 172 valence electrons. The third-order valence-electron chi connectivity index (χ3n) is 7.04. The van der Waals surface area contributed by atoms with E-state index in [9.17, 15) is 14.7 Å². The molecule has 1 heterocycles. The van der Waals surface area contributed by atoms with Crippen LogP contribution in [0.2, 0.25) is 0 Å². The lowest BCUT2D eigenvalue weighted by atomic mass is 9.74. The SMILES string of the molecule is CCC(CCC(C)(CCC(C)(C)C(=O)O)C(=O)OC)n1c2ccccc2c2ccccc21. The summed E-state index contributed by atoms with van der Waals surface area (Å²) in [5, 5.41) is 12.0. The molecule has 0 saturated carbocycles. The largest absolute Gasteiger partial charge is 0.481 e. The molecule has 0 saturated heterocycles. The maximum atomic E-state index is 12.8. The first kappa shape index (κ1) is 23.8. The van der Waals surface area contributed by atoms with E-state index in [1.165, 1.54) is 28.9 Å². The van der Waals surface area contributed by atoms with Gasteiger partial charge in [-0.3, -0.25) is 9.59 Å². The van der Waals surface area contributed by atoms with Gasteiger partial charge in [-0.1, -0.05) is 43.3 Å². The number of benzene rings is 2. The van der Waals surface area contributed by atoms with Crippen molar-refractivity contribution in [2.75, 3.05) is 7.11 Å². The predicted octanol–water partition coefficient (Wildman–Crippen LogP) is 6.60. The summed E-state index contributed by atoms with van der Waals surface area (Å²) in [4.78, 5) is 24.3. The molecular formula is C27H35NO4. The number of rotatable bonds is 10. The van der Waals surface area contributed by atoms with E-state index in [0.717, 1.165) is 12.8 Å². The van der Waals surface area contributed by atoms with Crippen molar-refractivity contribution in [3.8, 4) is 0 Å². The Morgan fingerprint density at radius 3 is 1.94 bits per heavy atom. The van der Waals surface area contributed by atoms with Gasteiger partial charge in [0.1, 0.15) is 0 Å². The van der Waals surface area contributed by atoms with Gasteiger partial charge in [0, 0.05) is 27.8 Å². The summed E-state index contributed by atoms with van der Waals surface area (Å²) in [6.07, 6.45) is 3.26. The van der Waals surface area contributed by atoms with E-state index in [0.29, 0.717) is 19.3 Å². The zero-order chi connectivity index (χ0) is 23.5. The Hall–Kier alpha value is -2.82. The summed E-state index contributed by atoms with van der Waals surface area (Å²) in [5.74, 6) is -1.11. The van der Waals surface area contributed by atoms with Crippen molar-refractivity contribution in [1.82, 2.24) is 4.57 Å². The molecule has 0 bridgehead atoms. The molecule has 5 nitrogen and oxygen atoms in total. The normalized spacial score (nSPS) is 14.9. The predicted molar refractivity (Wildman–Crippen MR) is 129 cm³/mol. The van der Waals surface area contributed by atoms with Crippen LogP contribution >= 0.6 is 0 Å². The number of hydrogen-bond acceptors (Lipinski definition) is 3. The average molecular weight is 438 g/mol. The van der Waals surface area contributed by atoms with E-state index < -0.39 is 16.8 Å². The van der Waals surface area contributed by atoms with Crippen molar-refractivity contribution >= 4 is 33.7 Å². The molecule has 0 aliphatic carbocycles. The number of para-hydroxylation sites is 2. The monoisotopic (exact) mass is 437 g/mol. The van der Waals surface area contributed by atoms with E-state index in [-0.39, 0.29) is 12.0 Å². The van der Waals surface area contributed by atoms with Gasteiger partial charge < -0.3 is 14.4 Å². The topological polar surface area (TPSA) is 68.5 Å². The van der Waals surface area contributed by atoms with E-state index in [1.54, 1.807) is 13.8 Å². The summed E-state index contributed by atoms with van der Waals surface area (Å²) < 4.78 is 7.55. The van der Waals surface area contributed by atoms with Crippen molar-refractivity contribution in [1.29, 1.82) is 0 Å². The van der Waals surface area contributed by atoms with Crippen LogP contribution in [0.4, 0.5) is 0 Å². The minimum Gasteiger partial charge on any atom is -0.481 e. The van der Waals surface area contributed by atoms with Crippen LogP contribution in [0.3, 0.4) is 0 Å². The number of carboxylic acids is 1. The molecule has 0 aliphatic rings. The Morgan fingerprint density at radius 2 is 1.47 bits per heavy atom. The highest BCUT2D eigenvalue weighted by Gasteiger charge is 2.38. The first-order valence-corrected chi connectivity index (χ1v) is 11.4. The van der Waals surface area contributed by atoms with Gasteiger partial charge in [0.25, 0.3) is 0 Å². The standard InChI is InChI=1S/C27H35NO4/c1-6-19(15-16-27(4,25(31)32-5)18-17-26(2,3)24(29)30)28-22-13-9-7-11-20(22)21-12-8-10-14-23(21)28/h7-14,19H,6,15-18H2,1-5H3,(H,29,30). The number of esters is 1. The molecule has 0 amide bonds. The van der Waals surface area contributed by atoms with Crippen LogP contribution in [0.5, 0.6) is 0 Å². The summed E-state index contributed by atoms with van der Waals surface area (Å²) in [6.45, 7) is 7.51. The lowest BCUT2D eigenvalue weighted by Crippen LogP contribution is -2.33. The number of fused-ring (bicyclic) bond motifs is 3. The van der Waals surface area contributed by atoms with E-state index in [4.69, 9.17) is 4.74 Å². The minimum absolute atomic E-state index is 0.219. The lowest BCUT2D eigenvalue weighted by Gasteiger charge is -2.32. The van der Waals surface area contributed by atoms with Crippen molar-refractivity contribution in [3.05, 3.63) is 48.5 Å². The number of nitrogens with zero attached hydrogens (tertiary/aromatic N) is 1. The molecular weight excluding hydrogens is 402 g/mol. The molecule has 2 aromatic carbocycles. The highest BCUT2D eigenvalue weighted by atomic mass is 16.5. The van der Waals surface area contributed by atoms with Gasteiger partial charge in [-0.2, -0.15) is 0 Å². The third-order valence-corrected chi connectivity index (χ3v) is 7.04. The van der Waals surface area contributed by atoms with Crippen LogP contribution in [0.1, 0.15) is 65.8 Å². The maximum absolute atomic E-state index is 12.8. The molecule has 1 N–H and O–H groups in total. The van der Waals surface area contributed by atoms with Gasteiger partial charge in [0.05, 0.1) is 17.9 Å². The van der Waals surface area contributed by atoms with E-state index in [2.05, 4.69) is 60.0 Å². The number of ether oxygens (including phenoxy) is 1. The zero-order valence-electron chi connectivity index (χ0n) is 19.9. The second-order valence-corrected chi connectivity index (χ2v) is 9.75. The van der Waals surface area contributed by atoms with Gasteiger partial charge in [-0.15, -0.1) is 0 Å². The fraction of sp³-hybridized carbons (Fsp3) is 0.481. The molecule has 0 spiro atoms. The van der Waals surface area contributed by atoms with Crippen LogP contribution in [0, 0.1) is 10.8 Å². The summed E-state index contributed by atoms with van der Waals surface area (Å²) in [6, 6.07) is 17.1. The highest BCUT2D eigenvalue weighted by Crippen LogP contribution is 2.40. The summed E-state index contributed by atoms with van der Waals surface area (Å²) >= 11 is 0. The van der Waals surface area contributed by atoms with Crippen molar-refractivity contribution in [2.24, 2.45) is 10.8 Å². The van der Waals surface area contributed by atoms with E-state index in [1.807, 2.05) is 6.92 Å². The number of carboxylic acid groups (broad SMARTS) is 1. The van der Waals surface area contributed by atoms with Crippen LogP contribution in [-0.2, 0) is 14.3 Å². The van der Waals surface area contributed by atoms with Gasteiger partial charge in [0.15, 0.2) is 0 Å². The first-order valence-electron chi connectivity index (χ1n) is 11.4. The smallest absolute Gasteiger partial charge is 0.311 e. The van der Waals surface area contributed by atoms with E-state index >= 15 is 0 Å². The average Bonchev–Trinajstić information content (AvgIpc) is 3.12. The fourth-order valence-corrected chi connectivity index (χ4v) is 4.62. The van der Waals surface area contributed by atoms with Gasteiger partial charge in [0.2, 0.25) is 0 Å². The van der Waals surface area contributed by atoms with Crippen molar-refractivity contribution < 1.29 is 19.4 Å². The number of methoxy groups -OCH3 is 1. The number of hydrogen-bond donors (Lipinski definition) is 1. The Kier molecular flexibility index (Phi) is 6.97. The molecule has 32 heavy (non-hydrogen) atoms. The lowest BCUT2D eigenvalue weighted by molar-refractivity contribution is -0.155. The maximum Gasteiger partial charge on any atom is 0.311 e. The molecule has 1 aromatic heterocycles. The van der Waals surface area contributed by atoms with Gasteiger partial charge >= 0.3 is 11.9 Å².